The maximum absolute atomic E-state index is 10.9. The maximum atomic E-state index is 10.9. The number of hydrogen-bond donors (Lipinski definition) is 1. The van der Waals surface area contributed by atoms with Crippen molar-refractivity contribution in [1.29, 1.82) is 0 Å². The molecule has 0 heterocycles. The van der Waals surface area contributed by atoms with Gasteiger partial charge in [0, 0.05) is 6.92 Å². The van der Waals surface area contributed by atoms with Gasteiger partial charge in [0.1, 0.15) is 18.0 Å². The molecule has 0 fully saturated rings. The molecule has 0 aliphatic heterocycles. The second-order valence-corrected chi connectivity index (χ2v) is 4.46. The molecular weight excluding hydrogens is 234 g/mol. The fourth-order valence-corrected chi connectivity index (χ4v) is 1.43. The molecule has 1 aromatic rings. The Morgan fingerprint density at radius 1 is 1.50 bits per heavy atom. The minimum atomic E-state index is -0.688. The van der Waals surface area contributed by atoms with Gasteiger partial charge in [0.05, 0.1) is 6.21 Å². The molecule has 1 rings (SSSR count). The number of esters is 1. The van der Waals surface area contributed by atoms with Gasteiger partial charge in [0.15, 0.2) is 0 Å². The standard InChI is InChI=1S/C13H17NO4/c1-10(15)18-13(2,3)9-17-12-6-4-5-11(7-12)8-14-16/h4-8,16H,9H2,1-3H3. The smallest absolute Gasteiger partial charge is 0.303 e. The highest BCUT2D eigenvalue weighted by Crippen LogP contribution is 2.16. The minimum Gasteiger partial charge on any atom is -0.489 e. The van der Waals surface area contributed by atoms with E-state index in [4.69, 9.17) is 14.7 Å². The average Bonchev–Trinajstić information content (AvgIpc) is 2.26. The molecule has 0 aliphatic rings. The van der Waals surface area contributed by atoms with Crippen LogP contribution in [0.2, 0.25) is 0 Å². The van der Waals surface area contributed by atoms with Gasteiger partial charge in [-0.15, -0.1) is 0 Å². The lowest BCUT2D eigenvalue weighted by molar-refractivity contribution is -0.156. The summed E-state index contributed by atoms with van der Waals surface area (Å²) in [5, 5.41) is 11.4. The number of ether oxygens (including phenoxy) is 2. The molecule has 0 bridgehead atoms. The fourth-order valence-electron chi connectivity index (χ4n) is 1.43. The third-order valence-corrected chi connectivity index (χ3v) is 2.07. The van der Waals surface area contributed by atoms with Crippen molar-refractivity contribution in [3.05, 3.63) is 29.8 Å². The van der Waals surface area contributed by atoms with E-state index in [2.05, 4.69) is 5.16 Å². The number of carbonyl (C=O) groups excluding carboxylic acids is 1. The van der Waals surface area contributed by atoms with Crippen LogP contribution in [0.15, 0.2) is 29.4 Å². The van der Waals surface area contributed by atoms with Crippen LogP contribution in [-0.4, -0.2) is 29.6 Å². The highest BCUT2D eigenvalue weighted by atomic mass is 16.6. The van der Waals surface area contributed by atoms with Gasteiger partial charge >= 0.3 is 5.97 Å². The predicted molar refractivity (Wildman–Crippen MR) is 67.2 cm³/mol. The Bertz CT molecular complexity index is 440. The zero-order valence-corrected chi connectivity index (χ0v) is 10.7. The lowest BCUT2D eigenvalue weighted by Gasteiger charge is -2.24. The van der Waals surface area contributed by atoms with Crippen molar-refractivity contribution < 1.29 is 19.5 Å². The summed E-state index contributed by atoms with van der Waals surface area (Å²) in [7, 11) is 0. The molecule has 0 spiro atoms. The Hall–Kier alpha value is -2.04. The first-order valence-electron chi connectivity index (χ1n) is 5.53. The molecule has 98 valence electrons. The summed E-state index contributed by atoms with van der Waals surface area (Å²) in [5.41, 5.74) is 0.0349. The average molecular weight is 251 g/mol. The summed E-state index contributed by atoms with van der Waals surface area (Å²) in [6.45, 7) is 5.15. The van der Waals surface area contributed by atoms with Crippen LogP contribution in [0.3, 0.4) is 0 Å². The Kier molecular flexibility index (Phi) is 4.71. The van der Waals surface area contributed by atoms with Gasteiger partial charge in [0.2, 0.25) is 0 Å². The Morgan fingerprint density at radius 3 is 2.83 bits per heavy atom. The summed E-state index contributed by atoms with van der Waals surface area (Å²) in [4.78, 5) is 10.9. The van der Waals surface area contributed by atoms with Crippen LogP contribution in [0.4, 0.5) is 0 Å². The minimum absolute atomic E-state index is 0.242. The zero-order valence-electron chi connectivity index (χ0n) is 10.7. The van der Waals surface area contributed by atoms with E-state index >= 15 is 0 Å². The van der Waals surface area contributed by atoms with E-state index in [-0.39, 0.29) is 12.6 Å². The normalized spacial score (nSPS) is 11.5. The Balaban J connectivity index is 2.62. The van der Waals surface area contributed by atoms with Gasteiger partial charge in [-0.3, -0.25) is 4.79 Å². The van der Waals surface area contributed by atoms with Crippen LogP contribution in [0, 0.1) is 0 Å². The molecule has 0 saturated carbocycles. The molecule has 0 amide bonds. The third kappa shape index (κ3) is 4.86. The molecule has 0 unspecified atom stereocenters. The van der Waals surface area contributed by atoms with Crippen molar-refractivity contribution in [2.75, 3.05) is 6.61 Å². The van der Waals surface area contributed by atoms with E-state index in [1.165, 1.54) is 13.1 Å². The summed E-state index contributed by atoms with van der Waals surface area (Å²) < 4.78 is 10.6. The van der Waals surface area contributed by atoms with E-state index in [1.54, 1.807) is 38.1 Å². The van der Waals surface area contributed by atoms with Crippen molar-refractivity contribution in [3.8, 4) is 5.75 Å². The predicted octanol–water partition coefficient (Wildman–Crippen LogP) is 2.22. The van der Waals surface area contributed by atoms with Crippen molar-refractivity contribution in [2.45, 2.75) is 26.4 Å². The zero-order chi connectivity index (χ0) is 13.6. The fraction of sp³-hybridized carbons (Fsp3) is 0.385. The molecule has 5 heteroatoms. The molecule has 0 atom stereocenters. The van der Waals surface area contributed by atoms with Gasteiger partial charge < -0.3 is 14.7 Å². The first-order valence-corrected chi connectivity index (χ1v) is 5.53. The van der Waals surface area contributed by atoms with Crippen LogP contribution < -0.4 is 4.74 Å². The topological polar surface area (TPSA) is 68.1 Å². The second kappa shape index (κ2) is 6.05. The molecular formula is C13H17NO4. The van der Waals surface area contributed by atoms with Gasteiger partial charge in [-0.25, -0.2) is 0 Å². The van der Waals surface area contributed by atoms with E-state index < -0.39 is 5.60 Å². The van der Waals surface area contributed by atoms with Crippen molar-refractivity contribution in [1.82, 2.24) is 0 Å². The molecule has 0 aromatic heterocycles. The van der Waals surface area contributed by atoms with Gasteiger partial charge in [0.25, 0.3) is 0 Å². The van der Waals surface area contributed by atoms with E-state index in [9.17, 15) is 4.79 Å². The lowest BCUT2D eigenvalue weighted by atomic mass is 10.1. The molecule has 1 aromatic carbocycles. The third-order valence-electron chi connectivity index (χ3n) is 2.07. The van der Waals surface area contributed by atoms with Gasteiger partial charge in [-0.2, -0.15) is 0 Å². The van der Waals surface area contributed by atoms with Crippen LogP contribution in [0.1, 0.15) is 26.3 Å². The summed E-state index contributed by atoms with van der Waals surface area (Å²) in [6, 6.07) is 7.07. The SMILES string of the molecule is CC(=O)OC(C)(C)COc1cccc(C=NO)c1. The number of carbonyl (C=O) groups is 1. The van der Waals surface area contributed by atoms with E-state index in [1.807, 2.05) is 0 Å². The summed E-state index contributed by atoms with van der Waals surface area (Å²) in [5.74, 6) is 0.275. The quantitative estimate of drug-likeness (QED) is 0.377. The molecule has 0 aliphatic carbocycles. The molecule has 0 radical (unpaired) electrons. The van der Waals surface area contributed by atoms with E-state index in [0.29, 0.717) is 5.75 Å². The number of nitrogens with zero attached hydrogens (tertiary/aromatic N) is 1. The van der Waals surface area contributed by atoms with Gasteiger partial charge in [-0.05, 0) is 31.5 Å². The van der Waals surface area contributed by atoms with Crippen molar-refractivity contribution in [3.63, 3.8) is 0 Å². The lowest BCUT2D eigenvalue weighted by Crippen LogP contribution is -2.34. The van der Waals surface area contributed by atoms with Crippen LogP contribution in [-0.2, 0) is 9.53 Å². The Morgan fingerprint density at radius 2 is 2.22 bits per heavy atom. The van der Waals surface area contributed by atoms with Crippen molar-refractivity contribution in [2.24, 2.45) is 5.16 Å². The summed E-state index contributed by atoms with van der Waals surface area (Å²) >= 11 is 0. The largest absolute Gasteiger partial charge is 0.489 e. The van der Waals surface area contributed by atoms with Gasteiger partial charge in [-0.1, -0.05) is 17.3 Å². The monoisotopic (exact) mass is 251 g/mol. The second-order valence-electron chi connectivity index (χ2n) is 4.46. The highest BCUT2D eigenvalue weighted by Gasteiger charge is 2.22. The van der Waals surface area contributed by atoms with Crippen LogP contribution in [0.5, 0.6) is 5.75 Å². The first kappa shape index (κ1) is 14.0. The first-order chi connectivity index (χ1) is 8.43. The number of hydrogen-bond acceptors (Lipinski definition) is 5. The maximum Gasteiger partial charge on any atom is 0.303 e. The number of oxime groups is 1. The number of rotatable bonds is 5. The summed E-state index contributed by atoms with van der Waals surface area (Å²) in [6.07, 6.45) is 1.31. The molecule has 18 heavy (non-hydrogen) atoms. The van der Waals surface area contributed by atoms with Crippen molar-refractivity contribution >= 4 is 12.2 Å². The van der Waals surface area contributed by atoms with Crippen LogP contribution >= 0.6 is 0 Å². The molecule has 0 saturated heterocycles. The van der Waals surface area contributed by atoms with Crippen LogP contribution in [0.25, 0.3) is 0 Å². The molecule has 1 N–H and O–H groups in total. The highest BCUT2D eigenvalue weighted by molar-refractivity contribution is 5.79. The van der Waals surface area contributed by atoms with E-state index in [0.717, 1.165) is 5.56 Å². The molecule has 5 nitrogen and oxygen atoms in total. The Labute approximate surface area is 106 Å². The number of benzene rings is 1.